The smallest absolute Gasteiger partial charge is 0.265 e. The van der Waals surface area contributed by atoms with Gasteiger partial charge in [0.1, 0.15) is 12.4 Å². The van der Waals surface area contributed by atoms with E-state index in [0.29, 0.717) is 28.8 Å². The fourth-order valence-corrected chi connectivity index (χ4v) is 4.24. The molecule has 1 amide bonds. The summed E-state index contributed by atoms with van der Waals surface area (Å²) in [4.78, 5) is 13.2. The van der Waals surface area contributed by atoms with Gasteiger partial charge in [-0.1, -0.05) is 29.8 Å². The SMILES string of the molecule is Cc1ccc(Cl)c(OCc2csc(C(=O)Nc3ccc(Cn4cc(Br)cn4)cc3)c2)c1. The Morgan fingerprint density at radius 2 is 2.00 bits per heavy atom. The van der Waals surface area contributed by atoms with Crippen LogP contribution in [0.2, 0.25) is 5.02 Å². The van der Waals surface area contributed by atoms with Crippen molar-refractivity contribution in [3.63, 3.8) is 0 Å². The molecule has 5 nitrogen and oxygen atoms in total. The fourth-order valence-electron chi connectivity index (χ4n) is 2.95. The van der Waals surface area contributed by atoms with E-state index in [0.717, 1.165) is 26.9 Å². The van der Waals surface area contributed by atoms with E-state index in [9.17, 15) is 4.79 Å². The maximum Gasteiger partial charge on any atom is 0.265 e. The zero-order valence-electron chi connectivity index (χ0n) is 16.6. The van der Waals surface area contributed by atoms with Gasteiger partial charge in [-0.2, -0.15) is 5.10 Å². The van der Waals surface area contributed by atoms with Crippen molar-refractivity contribution in [1.82, 2.24) is 9.78 Å². The van der Waals surface area contributed by atoms with Crippen LogP contribution in [0.25, 0.3) is 0 Å². The van der Waals surface area contributed by atoms with Gasteiger partial charge < -0.3 is 10.1 Å². The predicted octanol–water partition coefficient (Wildman–Crippen LogP) is 6.55. The summed E-state index contributed by atoms with van der Waals surface area (Å²) in [5.74, 6) is 0.495. The van der Waals surface area contributed by atoms with Gasteiger partial charge in [0.15, 0.2) is 0 Å². The molecule has 0 aliphatic rings. The van der Waals surface area contributed by atoms with Gasteiger partial charge in [0.25, 0.3) is 5.91 Å². The van der Waals surface area contributed by atoms with Gasteiger partial charge in [0.05, 0.1) is 27.1 Å². The molecule has 2 heterocycles. The van der Waals surface area contributed by atoms with Crippen molar-refractivity contribution in [2.75, 3.05) is 5.32 Å². The summed E-state index contributed by atoms with van der Waals surface area (Å²) in [6.07, 6.45) is 3.67. The van der Waals surface area contributed by atoms with Gasteiger partial charge in [0, 0.05) is 17.4 Å². The first-order chi connectivity index (χ1) is 15.0. The second-order valence-electron chi connectivity index (χ2n) is 7.05. The van der Waals surface area contributed by atoms with Crippen LogP contribution < -0.4 is 10.1 Å². The van der Waals surface area contributed by atoms with Crippen LogP contribution >= 0.6 is 38.9 Å². The number of hydrogen-bond acceptors (Lipinski definition) is 4. The number of halogens is 2. The highest BCUT2D eigenvalue weighted by molar-refractivity contribution is 9.10. The van der Waals surface area contributed by atoms with Crippen molar-refractivity contribution < 1.29 is 9.53 Å². The molecule has 158 valence electrons. The molecule has 4 rings (SSSR count). The van der Waals surface area contributed by atoms with Crippen LogP contribution in [0.3, 0.4) is 0 Å². The molecule has 4 aromatic rings. The molecule has 2 aromatic heterocycles. The Kier molecular flexibility index (Phi) is 6.75. The van der Waals surface area contributed by atoms with Crippen molar-refractivity contribution >= 4 is 50.5 Å². The monoisotopic (exact) mass is 515 g/mol. The predicted molar refractivity (Wildman–Crippen MR) is 128 cm³/mol. The molecule has 0 saturated heterocycles. The van der Waals surface area contributed by atoms with Gasteiger partial charge in [-0.25, -0.2) is 0 Å². The molecular weight excluding hydrogens is 498 g/mol. The largest absolute Gasteiger partial charge is 0.487 e. The van der Waals surface area contributed by atoms with Crippen LogP contribution in [-0.4, -0.2) is 15.7 Å². The molecular formula is C23H19BrClN3O2S. The molecule has 0 unspecified atom stereocenters. The van der Waals surface area contributed by atoms with Crippen molar-refractivity contribution in [3.05, 3.63) is 97.4 Å². The van der Waals surface area contributed by atoms with E-state index in [1.54, 1.807) is 6.20 Å². The Labute approximate surface area is 197 Å². The zero-order chi connectivity index (χ0) is 21.8. The molecule has 0 saturated carbocycles. The number of ether oxygens (including phenoxy) is 1. The topological polar surface area (TPSA) is 56.1 Å². The number of nitrogens with zero attached hydrogens (tertiary/aromatic N) is 2. The summed E-state index contributed by atoms with van der Waals surface area (Å²) >= 11 is 11.0. The maximum absolute atomic E-state index is 12.6. The number of amides is 1. The third-order valence-corrected chi connectivity index (χ3v) is 6.22. The number of anilines is 1. The molecule has 1 N–H and O–H groups in total. The Hall–Kier alpha value is -2.61. The van der Waals surface area contributed by atoms with E-state index >= 15 is 0 Å². The quantitative estimate of drug-likeness (QED) is 0.303. The van der Waals surface area contributed by atoms with E-state index in [-0.39, 0.29) is 5.91 Å². The lowest BCUT2D eigenvalue weighted by Gasteiger charge is -2.08. The van der Waals surface area contributed by atoms with Gasteiger partial charge >= 0.3 is 0 Å². The molecule has 31 heavy (non-hydrogen) atoms. The summed E-state index contributed by atoms with van der Waals surface area (Å²) in [5, 5.41) is 9.68. The van der Waals surface area contributed by atoms with Crippen LogP contribution in [0.4, 0.5) is 5.69 Å². The molecule has 0 bridgehead atoms. The number of benzene rings is 2. The molecule has 2 aromatic carbocycles. The minimum atomic E-state index is -0.145. The van der Waals surface area contributed by atoms with Crippen LogP contribution in [0.15, 0.2) is 70.8 Å². The van der Waals surface area contributed by atoms with Crippen LogP contribution in [-0.2, 0) is 13.2 Å². The number of rotatable bonds is 7. The number of thiophene rings is 1. The number of aromatic nitrogens is 2. The number of hydrogen-bond donors (Lipinski definition) is 1. The first kappa shape index (κ1) is 21.6. The highest BCUT2D eigenvalue weighted by Crippen LogP contribution is 2.27. The summed E-state index contributed by atoms with van der Waals surface area (Å²) < 4.78 is 8.60. The number of carbonyl (C=O) groups excluding carboxylic acids is 1. The standard InChI is InChI=1S/C23H19BrClN3O2S/c1-15-2-7-20(25)21(8-15)30-13-17-9-22(31-14-17)23(29)27-19-5-3-16(4-6-19)11-28-12-18(24)10-26-28/h2-10,12,14H,11,13H2,1H3,(H,27,29). The van der Waals surface area contributed by atoms with Gasteiger partial charge in [0.2, 0.25) is 0 Å². The molecule has 0 spiro atoms. The Balaban J connectivity index is 1.33. The van der Waals surface area contributed by atoms with E-state index < -0.39 is 0 Å². The molecule has 0 fully saturated rings. The molecule has 8 heteroatoms. The van der Waals surface area contributed by atoms with Crippen LogP contribution in [0.5, 0.6) is 5.75 Å². The summed E-state index contributed by atoms with van der Waals surface area (Å²) in [7, 11) is 0. The van der Waals surface area contributed by atoms with Gasteiger partial charge in [-0.05, 0) is 69.7 Å². The average Bonchev–Trinajstić information content (AvgIpc) is 3.39. The normalized spacial score (nSPS) is 10.8. The highest BCUT2D eigenvalue weighted by atomic mass is 79.9. The molecule has 0 radical (unpaired) electrons. The second-order valence-corrected chi connectivity index (χ2v) is 9.28. The Morgan fingerprint density at radius 1 is 1.19 bits per heavy atom. The summed E-state index contributed by atoms with van der Waals surface area (Å²) in [6.45, 7) is 3.00. The number of nitrogens with one attached hydrogen (secondary N) is 1. The van der Waals surface area contributed by atoms with E-state index in [2.05, 4.69) is 26.3 Å². The van der Waals surface area contributed by atoms with Crippen molar-refractivity contribution in [1.29, 1.82) is 0 Å². The van der Waals surface area contributed by atoms with E-state index in [1.807, 2.05) is 71.7 Å². The van der Waals surface area contributed by atoms with Gasteiger partial charge in [-0.15, -0.1) is 11.3 Å². The minimum absolute atomic E-state index is 0.145. The third kappa shape index (κ3) is 5.76. The average molecular weight is 517 g/mol. The number of carbonyl (C=O) groups is 1. The first-order valence-corrected chi connectivity index (χ1v) is 11.6. The summed E-state index contributed by atoms with van der Waals surface area (Å²) in [6, 6.07) is 15.2. The maximum atomic E-state index is 12.6. The Morgan fingerprint density at radius 3 is 2.74 bits per heavy atom. The summed E-state index contributed by atoms with van der Waals surface area (Å²) in [5.41, 5.74) is 3.84. The fraction of sp³-hybridized carbons (Fsp3) is 0.130. The van der Waals surface area contributed by atoms with Crippen molar-refractivity contribution in [3.8, 4) is 5.75 Å². The first-order valence-electron chi connectivity index (χ1n) is 9.51. The molecule has 0 atom stereocenters. The lowest BCUT2D eigenvalue weighted by molar-refractivity contribution is 0.103. The zero-order valence-corrected chi connectivity index (χ0v) is 19.8. The van der Waals surface area contributed by atoms with E-state index in [4.69, 9.17) is 16.3 Å². The van der Waals surface area contributed by atoms with Crippen molar-refractivity contribution in [2.45, 2.75) is 20.1 Å². The second kappa shape index (κ2) is 9.68. The highest BCUT2D eigenvalue weighted by Gasteiger charge is 2.11. The third-order valence-electron chi connectivity index (χ3n) is 4.52. The molecule has 0 aliphatic heterocycles. The van der Waals surface area contributed by atoms with Gasteiger partial charge in [-0.3, -0.25) is 9.48 Å². The van der Waals surface area contributed by atoms with Crippen LogP contribution in [0.1, 0.15) is 26.4 Å². The van der Waals surface area contributed by atoms with E-state index in [1.165, 1.54) is 11.3 Å². The lowest BCUT2D eigenvalue weighted by Crippen LogP contribution is -2.10. The molecule has 0 aliphatic carbocycles. The number of aryl methyl sites for hydroxylation is 1. The minimum Gasteiger partial charge on any atom is -0.487 e. The lowest BCUT2D eigenvalue weighted by atomic mass is 10.2. The Bertz CT molecular complexity index is 1200. The van der Waals surface area contributed by atoms with Crippen LogP contribution in [0, 0.1) is 6.92 Å². The van der Waals surface area contributed by atoms with Crippen molar-refractivity contribution in [2.24, 2.45) is 0 Å².